The number of hydrogen-bond donors (Lipinski definition) is 1. The van der Waals surface area contributed by atoms with Crippen LogP contribution in [0.2, 0.25) is 5.02 Å². The predicted octanol–water partition coefficient (Wildman–Crippen LogP) is 6.11. The Morgan fingerprint density at radius 3 is 2.48 bits per heavy atom. The Bertz CT molecular complexity index is 981. The van der Waals surface area contributed by atoms with E-state index in [1.165, 1.54) is 6.07 Å². The van der Waals surface area contributed by atoms with Crippen molar-refractivity contribution in [3.05, 3.63) is 73.2 Å². The summed E-state index contributed by atoms with van der Waals surface area (Å²) in [5.74, 6) is -1.02. The molecular formula is C17H10Cl3F3N2O4. The van der Waals surface area contributed by atoms with E-state index in [9.17, 15) is 28.1 Å². The quantitative estimate of drug-likeness (QED) is 0.409. The van der Waals surface area contributed by atoms with Gasteiger partial charge in [-0.15, -0.1) is 0 Å². The van der Waals surface area contributed by atoms with Crippen molar-refractivity contribution in [2.75, 3.05) is 6.54 Å². The van der Waals surface area contributed by atoms with Crippen LogP contribution in [0.3, 0.4) is 0 Å². The lowest BCUT2D eigenvalue weighted by Crippen LogP contribution is -2.25. The van der Waals surface area contributed by atoms with Gasteiger partial charge in [-0.2, -0.15) is 13.2 Å². The Morgan fingerprint density at radius 1 is 1.24 bits per heavy atom. The number of nitro benzene ring substituents is 1. The van der Waals surface area contributed by atoms with Gasteiger partial charge < -0.3 is 10.1 Å². The molecule has 2 aromatic carbocycles. The maximum atomic E-state index is 12.7. The topological polar surface area (TPSA) is 81.5 Å². The first-order chi connectivity index (χ1) is 13.5. The second-order valence-electron chi connectivity index (χ2n) is 5.42. The first kappa shape index (κ1) is 22.8. The van der Waals surface area contributed by atoms with Crippen molar-refractivity contribution >= 4 is 46.4 Å². The molecule has 12 heteroatoms. The van der Waals surface area contributed by atoms with E-state index in [-0.39, 0.29) is 33.7 Å². The number of nitrogens with one attached hydrogen (secondary N) is 1. The lowest BCUT2D eigenvalue weighted by atomic mass is 10.1. The summed E-state index contributed by atoms with van der Waals surface area (Å²) in [4.78, 5) is 22.7. The zero-order valence-corrected chi connectivity index (χ0v) is 16.4. The lowest BCUT2D eigenvalue weighted by molar-refractivity contribution is -0.385. The molecule has 2 aromatic rings. The van der Waals surface area contributed by atoms with Crippen LogP contribution in [0.15, 0.2) is 47.0 Å². The van der Waals surface area contributed by atoms with Gasteiger partial charge in [-0.25, -0.2) is 0 Å². The number of nitro groups is 1. The van der Waals surface area contributed by atoms with Crippen LogP contribution in [0.1, 0.15) is 15.9 Å². The standard InChI is InChI=1S/C17H10Cl3F3N2O4/c18-7-10(19)8-24-16(26)12-6-11(2-3-14(12)25(27)28)29-15-4-1-9(5-13(15)20)17(21,22)23/h1-7H,8H2,(H,24,26). The van der Waals surface area contributed by atoms with Crippen LogP contribution < -0.4 is 10.1 Å². The highest BCUT2D eigenvalue weighted by atomic mass is 35.5. The summed E-state index contributed by atoms with van der Waals surface area (Å²) in [6, 6.07) is 5.68. The molecule has 0 aliphatic rings. The first-order valence-corrected chi connectivity index (χ1v) is 8.78. The van der Waals surface area contributed by atoms with Crippen molar-refractivity contribution in [2.24, 2.45) is 0 Å². The van der Waals surface area contributed by atoms with Crippen LogP contribution in [-0.4, -0.2) is 17.4 Å². The molecule has 0 heterocycles. The Balaban J connectivity index is 2.33. The van der Waals surface area contributed by atoms with E-state index in [1.807, 2.05) is 0 Å². The van der Waals surface area contributed by atoms with Gasteiger partial charge >= 0.3 is 6.18 Å². The lowest BCUT2D eigenvalue weighted by Gasteiger charge is -2.12. The largest absolute Gasteiger partial charge is 0.456 e. The van der Waals surface area contributed by atoms with Gasteiger partial charge in [0.25, 0.3) is 11.6 Å². The summed E-state index contributed by atoms with van der Waals surface area (Å²) in [7, 11) is 0. The smallest absolute Gasteiger partial charge is 0.416 e. The Labute approximate surface area is 177 Å². The number of amides is 1. The molecule has 1 amide bonds. The molecule has 0 atom stereocenters. The molecule has 0 aromatic heterocycles. The number of carbonyl (C=O) groups excluding carboxylic acids is 1. The molecule has 154 valence electrons. The molecule has 0 spiro atoms. The molecule has 0 fully saturated rings. The molecule has 0 aliphatic carbocycles. The van der Waals surface area contributed by atoms with Gasteiger partial charge in [0.15, 0.2) is 0 Å². The van der Waals surface area contributed by atoms with E-state index in [1.54, 1.807) is 0 Å². The van der Waals surface area contributed by atoms with Crippen LogP contribution in [0.25, 0.3) is 0 Å². The van der Waals surface area contributed by atoms with Crippen molar-refractivity contribution < 1.29 is 27.6 Å². The van der Waals surface area contributed by atoms with E-state index < -0.39 is 28.3 Å². The van der Waals surface area contributed by atoms with Crippen LogP contribution in [0.4, 0.5) is 18.9 Å². The minimum absolute atomic E-state index is 0.0543. The minimum atomic E-state index is -4.58. The fraction of sp³-hybridized carbons (Fsp3) is 0.118. The summed E-state index contributed by atoms with van der Waals surface area (Å²) in [6.07, 6.45) is -4.58. The molecule has 0 aliphatic heterocycles. The molecule has 2 rings (SSSR count). The van der Waals surface area contributed by atoms with Crippen molar-refractivity contribution in [1.82, 2.24) is 5.32 Å². The predicted molar refractivity (Wildman–Crippen MR) is 102 cm³/mol. The van der Waals surface area contributed by atoms with Gasteiger partial charge in [0.05, 0.1) is 22.1 Å². The summed E-state index contributed by atoms with van der Waals surface area (Å²) in [5, 5.41) is 13.3. The Kier molecular flexibility index (Phi) is 7.34. The molecule has 29 heavy (non-hydrogen) atoms. The molecule has 0 saturated carbocycles. The Morgan fingerprint density at radius 2 is 1.93 bits per heavy atom. The van der Waals surface area contributed by atoms with Gasteiger partial charge in [-0.05, 0) is 24.3 Å². The fourth-order valence-corrected chi connectivity index (χ4v) is 2.47. The van der Waals surface area contributed by atoms with Gasteiger partial charge in [0.1, 0.15) is 17.1 Å². The van der Waals surface area contributed by atoms with Crippen LogP contribution in [0.5, 0.6) is 11.5 Å². The SMILES string of the molecule is O=C(NCC(Cl)=CCl)c1cc(Oc2ccc(C(F)(F)F)cc2Cl)ccc1[N+](=O)[O-]. The molecule has 6 nitrogen and oxygen atoms in total. The molecule has 1 N–H and O–H groups in total. The maximum Gasteiger partial charge on any atom is 0.416 e. The fourth-order valence-electron chi connectivity index (χ4n) is 2.11. The highest BCUT2D eigenvalue weighted by molar-refractivity contribution is 6.36. The van der Waals surface area contributed by atoms with E-state index in [0.717, 1.165) is 29.8 Å². The summed E-state index contributed by atoms with van der Waals surface area (Å²) in [6.45, 7) is -0.170. The molecule has 0 bridgehead atoms. The van der Waals surface area contributed by atoms with Gasteiger partial charge in [-0.3, -0.25) is 14.9 Å². The third-order valence-corrected chi connectivity index (χ3v) is 4.35. The highest BCUT2D eigenvalue weighted by Crippen LogP contribution is 2.37. The van der Waals surface area contributed by atoms with E-state index in [4.69, 9.17) is 39.5 Å². The van der Waals surface area contributed by atoms with Gasteiger partial charge in [0, 0.05) is 22.7 Å². The number of carbonyl (C=O) groups is 1. The maximum absolute atomic E-state index is 12.7. The molecule has 0 saturated heterocycles. The number of ether oxygens (including phenoxy) is 1. The summed E-state index contributed by atoms with van der Waals surface area (Å²) < 4.78 is 43.5. The number of hydrogen-bond acceptors (Lipinski definition) is 4. The van der Waals surface area contributed by atoms with E-state index >= 15 is 0 Å². The second-order valence-corrected chi connectivity index (χ2v) is 6.53. The van der Waals surface area contributed by atoms with Crippen molar-refractivity contribution in [3.8, 4) is 11.5 Å². The highest BCUT2D eigenvalue weighted by Gasteiger charge is 2.31. The van der Waals surface area contributed by atoms with Crippen LogP contribution in [0, 0.1) is 10.1 Å². The molecular weight excluding hydrogens is 460 g/mol. The first-order valence-electron chi connectivity index (χ1n) is 7.59. The van der Waals surface area contributed by atoms with Gasteiger partial charge in [-0.1, -0.05) is 34.8 Å². The number of rotatable bonds is 6. The number of halogens is 6. The summed E-state index contributed by atoms with van der Waals surface area (Å²) >= 11 is 16.9. The number of nitrogens with zero attached hydrogens (tertiary/aromatic N) is 1. The van der Waals surface area contributed by atoms with Crippen molar-refractivity contribution in [1.29, 1.82) is 0 Å². The second kappa shape index (κ2) is 9.34. The Hall–Kier alpha value is -2.49. The monoisotopic (exact) mass is 468 g/mol. The third-order valence-electron chi connectivity index (χ3n) is 3.43. The van der Waals surface area contributed by atoms with Gasteiger partial charge in [0.2, 0.25) is 0 Å². The van der Waals surface area contributed by atoms with Crippen molar-refractivity contribution in [2.45, 2.75) is 6.18 Å². The minimum Gasteiger partial charge on any atom is -0.456 e. The number of benzene rings is 2. The summed E-state index contributed by atoms with van der Waals surface area (Å²) in [5.41, 5.74) is -0.820. The van der Waals surface area contributed by atoms with Crippen molar-refractivity contribution in [3.63, 3.8) is 0 Å². The third kappa shape index (κ3) is 5.99. The zero-order valence-electron chi connectivity index (χ0n) is 14.1. The van der Waals surface area contributed by atoms with E-state index in [0.29, 0.717) is 6.07 Å². The van der Waals surface area contributed by atoms with Crippen LogP contribution in [-0.2, 0) is 6.18 Å². The molecule has 0 radical (unpaired) electrons. The normalized spacial score (nSPS) is 11.9. The van der Waals surface area contributed by atoms with Crippen LogP contribution >= 0.6 is 34.8 Å². The average Bonchev–Trinajstić information content (AvgIpc) is 2.66. The zero-order chi connectivity index (χ0) is 21.8. The average molecular weight is 470 g/mol. The number of alkyl halides is 3. The van der Waals surface area contributed by atoms with E-state index in [2.05, 4.69) is 5.32 Å². The molecule has 0 unspecified atom stereocenters.